The number of rotatable bonds is 2. The highest BCUT2D eigenvalue weighted by molar-refractivity contribution is 14.1. The molecule has 0 atom stereocenters. The van der Waals surface area contributed by atoms with E-state index in [1.54, 1.807) is 7.11 Å². The molecule has 0 saturated carbocycles. The molecule has 0 amide bonds. The van der Waals surface area contributed by atoms with Gasteiger partial charge in [-0.2, -0.15) is 0 Å². The van der Waals surface area contributed by atoms with Crippen LogP contribution in [0.4, 0.5) is 5.82 Å². The lowest BCUT2D eigenvalue weighted by atomic mass is 9.91. The Morgan fingerprint density at radius 1 is 1.19 bits per heavy atom. The molecule has 2 aromatic rings. The van der Waals surface area contributed by atoms with E-state index >= 15 is 0 Å². The fraction of sp³-hybridized carbons (Fsp3) is 0.375. The summed E-state index contributed by atoms with van der Waals surface area (Å²) in [5.41, 5.74) is 8.92. The van der Waals surface area contributed by atoms with Crippen molar-refractivity contribution >= 4 is 28.4 Å². The third kappa shape index (κ3) is 3.28. The van der Waals surface area contributed by atoms with Crippen LogP contribution in [0.1, 0.15) is 32.0 Å². The summed E-state index contributed by atoms with van der Waals surface area (Å²) in [5, 5.41) is 0. The van der Waals surface area contributed by atoms with Gasteiger partial charge in [-0.1, -0.05) is 26.8 Å². The van der Waals surface area contributed by atoms with E-state index in [0.717, 1.165) is 26.1 Å². The molecule has 0 fully saturated rings. The van der Waals surface area contributed by atoms with E-state index in [0.29, 0.717) is 11.6 Å². The number of aromatic nitrogens is 2. The number of ether oxygens (including phenoxy) is 1. The maximum absolute atomic E-state index is 6.08. The summed E-state index contributed by atoms with van der Waals surface area (Å²) in [6, 6.07) is 5.97. The van der Waals surface area contributed by atoms with Crippen LogP contribution in [0.15, 0.2) is 18.2 Å². The number of aryl methyl sites for hydroxylation is 1. The van der Waals surface area contributed by atoms with Gasteiger partial charge >= 0.3 is 0 Å². The highest BCUT2D eigenvalue weighted by Gasteiger charge is 2.23. The van der Waals surface area contributed by atoms with Crippen molar-refractivity contribution in [3.8, 4) is 17.1 Å². The van der Waals surface area contributed by atoms with Crippen LogP contribution in [0, 0.1) is 10.5 Å². The van der Waals surface area contributed by atoms with Gasteiger partial charge in [0, 0.05) is 5.41 Å². The van der Waals surface area contributed by atoms with Crippen molar-refractivity contribution < 1.29 is 4.74 Å². The summed E-state index contributed by atoms with van der Waals surface area (Å²) in [7, 11) is 1.65. The van der Waals surface area contributed by atoms with Crippen molar-refractivity contribution in [3.63, 3.8) is 0 Å². The number of halogens is 1. The first-order valence-corrected chi connectivity index (χ1v) is 7.80. The number of nitrogen functional groups attached to an aromatic ring is 1. The maximum atomic E-state index is 6.08. The minimum Gasteiger partial charge on any atom is -0.496 e. The molecule has 0 aliphatic rings. The fourth-order valence-corrected chi connectivity index (χ4v) is 3.12. The molecular weight excluding hydrogens is 377 g/mol. The summed E-state index contributed by atoms with van der Waals surface area (Å²) in [6.07, 6.45) is 0. The molecule has 2 N–H and O–H groups in total. The van der Waals surface area contributed by atoms with Gasteiger partial charge in [-0.25, -0.2) is 9.97 Å². The van der Waals surface area contributed by atoms with Gasteiger partial charge in [0.15, 0.2) is 5.82 Å². The lowest BCUT2D eigenvalue weighted by Gasteiger charge is -2.21. The van der Waals surface area contributed by atoms with E-state index in [1.807, 2.05) is 25.1 Å². The third-order valence-corrected chi connectivity index (χ3v) is 4.25. The first-order chi connectivity index (χ1) is 9.74. The second-order valence-electron chi connectivity index (χ2n) is 6.05. The summed E-state index contributed by atoms with van der Waals surface area (Å²) in [5.74, 6) is 1.87. The molecule has 4 nitrogen and oxygen atoms in total. The smallest absolute Gasteiger partial charge is 0.165 e. The van der Waals surface area contributed by atoms with Gasteiger partial charge in [-0.05, 0) is 47.2 Å². The lowest BCUT2D eigenvalue weighted by Crippen LogP contribution is -2.18. The van der Waals surface area contributed by atoms with Crippen LogP contribution in [0.3, 0.4) is 0 Å². The third-order valence-electron chi connectivity index (χ3n) is 3.19. The molecule has 2 rings (SSSR count). The summed E-state index contributed by atoms with van der Waals surface area (Å²) in [6.45, 7) is 8.38. The van der Waals surface area contributed by atoms with Crippen LogP contribution >= 0.6 is 22.6 Å². The molecule has 0 spiro atoms. The topological polar surface area (TPSA) is 61.0 Å². The van der Waals surface area contributed by atoms with Crippen LogP contribution in [0.5, 0.6) is 5.75 Å². The SMILES string of the molecule is COc1cc(C)ccc1-c1nc(N)c(I)c(C(C)(C)C)n1. The van der Waals surface area contributed by atoms with Crippen molar-refractivity contribution in [2.24, 2.45) is 0 Å². The van der Waals surface area contributed by atoms with Gasteiger partial charge in [-0.15, -0.1) is 0 Å². The Kier molecular flexibility index (Phi) is 4.41. The van der Waals surface area contributed by atoms with Crippen LogP contribution in [0.2, 0.25) is 0 Å². The normalized spacial score (nSPS) is 11.5. The van der Waals surface area contributed by atoms with E-state index < -0.39 is 0 Å². The highest BCUT2D eigenvalue weighted by atomic mass is 127. The Hall–Kier alpha value is -1.37. The van der Waals surface area contributed by atoms with Crippen molar-refractivity contribution in [3.05, 3.63) is 33.0 Å². The number of anilines is 1. The molecule has 1 heterocycles. The molecule has 1 aromatic carbocycles. The number of nitrogens with two attached hydrogens (primary N) is 1. The monoisotopic (exact) mass is 397 g/mol. The highest BCUT2D eigenvalue weighted by Crippen LogP contribution is 2.33. The van der Waals surface area contributed by atoms with Crippen LogP contribution in [0.25, 0.3) is 11.4 Å². The summed E-state index contributed by atoms with van der Waals surface area (Å²) >= 11 is 2.21. The number of benzene rings is 1. The molecule has 21 heavy (non-hydrogen) atoms. The van der Waals surface area contributed by atoms with E-state index in [1.165, 1.54) is 0 Å². The van der Waals surface area contributed by atoms with Crippen LogP contribution in [-0.2, 0) is 5.41 Å². The average molecular weight is 397 g/mol. The molecule has 0 radical (unpaired) electrons. The molecule has 112 valence electrons. The van der Waals surface area contributed by atoms with Gasteiger partial charge in [0.1, 0.15) is 11.6 Å². The van der Waals surface area contributed by atoms with Gasteiger partial charge in [0.05, 0.1) is 21.9 Å². The Bertz CT molecular complexity index is 678. The minimum absolute atomic E-state index is 0.0970. The molecular formula is C16H20IN3O. The van der Waals surface area contributed by atoms with Gasteiger partial charge in [-0.3, -0.25) is 0 Å². The summed E-state index contributed by atoms with van der Waals surface area (Å²) < 4.78 is 6.37. The second kappa shape index (κ2) is 5.79. The Balaban J connectivity index is 2.68. The zero-order valence-electron chi connectivity index (χ0n) is 13.0. The molecule has 5 heteroatoms. The fourth-order valence-electron chi connectivity index (χ4n) is 2.07. The zero-order valence-corrected chi connectivity index (χ0v) is 15.1. The number of methoxy groups -OCH3 is 1. The lowest BCUT2D eigenvalue weighted by molar-refractivity contribution is 0.415. The van der Waals surface area contributed by atoms with Crippen molar-refractivity contribution in [2.75, 3.05) is 12.8 Å². The van der Waals surface area contributed by atoms with Crippen LogP contribution in [-0.4, -0.2) is 17.1 Å². The molecule has 0 aliphatic carbocycles. The number of hydrogen-bond acceptors (Lipinski definition) is 4. The molecule has 0 saturated heterocycles. The van der Waals surface area contributed by atoms with Gasteiger partial charge in [0.25, 0.3) is 0 Å². The zero-order chi connectivity index (χ0) is 15.8. The van der Waals surface area contributed by atoms with Crippen molar-refractivity contribution in [2.45, 2.75) is 33.1 Å². The Morgan fingerprint density at radius 2 is 1.86 bits per heavy atom. The molecule has 0 aliphatic heterocycles. The standard InChI is InChI=1S/C16H20IN3O/c1-9-6-7-10(11(8-9)21-5)15-19-13(16(2,3)4)12(17)14(18)20-15/h6-8H,1-5H3,(H2,18,19,20). The molecule has 0 bridgehead atoms. The van der Waals surface area contributed by atoms with Crippen molar-refractivity contribution in [1.29, 1.82) is 0 Å². The number of nitrogens with zero attached hydrogens (tertiary/aromatic N) is 2. The van der Waals surface area contributed by atoms with E-state index in [9.17, 15) is 0 Å². The first kappa shape index (κ1) is 16.0. The predicted molar refractivity (Wildman–Crippen MR) is 94.6 cm³/mol. The average Bonchev–Trinajstić information content (AvgIpc) is 2.40. The van der Waals surface area contributed by atoms with E-state index in [-0.39, 0.29) is 5.41 Å². The predicted octanol–water partition coefficient (Wildman–Crippen LogP) is 3.94. The van der Waals surface area contributed by atoms with E-state index in [4.69, 9.17) is 15.5 Å². The quantitative estimate of drug-likeness (QED) is 0.780. The maximum Gasteiger partial charge on any atom is 0.165 e. The largest absolute Gasteiger partial charge is 0.496 e. The Morgan fingerprint density at radius 3 is 2.43 bits per heavy atom. The second-order valence-corrected chi connectivity index (χ2v) is 7.13. The van der Waals surface area contributed by atoms with Crippen molar-refractivity contribution in [1.82, 2.24) is 9.97 Å². The minimum atomic E-state index is -0.0970. The summed E-state index contributed by atoms with van der Waals surface area (Å²) in [4.78, 5) is 9.17. The van der Waals surface area contributed by atoms with E-state index in [2.05, 4.69) is 48.3 Å². The van der Waals surface area contributed by atoms with Gasteiger partial charge in [0.2, 0.25) is 0 Å². The number of hydrogen-bond donors (Lipinski definition) is 1. The van der Waals surface area contributed by atoms with Gasteiger partial charge < -0.3 is 10.5 Å². The molecule has 0 unspecified atom stereocenters. The Labute approximate surface area is 139 Å². The molecule has 1 aromatic heterocycles. The van der Waals surface area contributed by atoms with Crippen LogP contribution < -0.4 is 10.5 Å². The first-order valence-electron chi connectivity index (χ1n) is 6.72.